The smallest absolute Gasteiger partial charge is 0.410 e. The number of piperidine rings is 1. The lowest BCUT2D eigenvalue weighted by Crippen LogP contribution is -2.42. The highest BCUT2D eigenvalue weighted by atomic mass is 35.5. The number of hydrogen-bond donors (Lipinski definition) is 0. The van der Waals surface area contributed by atoms with Crippen molar-refractivity contribution >= 4 is 38.8 Å². The van der Waals surface area contributed by atoms with Gasteiger partial charge in [-0.3, -0.25) is 4.68 Å². The lowest BCUT2D eigenvalue weighted by atomic mass is 10.1. The topological polar surface area (TPSA) is 112 Å². The van der Waals surface area contributed by atoms with Crippen LogP contribution in [-0.4, -0.2) is 62.1 Å². The second-order valence-electron chi connectivity index (χ2n) is 9.97. The average molecular weight is 543 g/mol. The minimum absolute atomic E-state index is 0.0946. The molecule has 3 aromatic heterocycles. The van der Waals surface area contributed by atoms with Crippen molar-refractivity contribution in [1.82, 2.24) is 28.9 Å². The number of ether oxygens (including phenoxy) is 1. The Bertz CT molecular complexity index is 1550. The fourth-order valence-corrected chi connectivity index (χ4v) is 5.89. The number of fused-ring (bicyclic) bond motifs is 1. The summed E-state index contributed by atoms with van der Waals surface area (Å²) >= 11 is 6.13. The summed E-state index contributed by atoms with van der Waals surface area (Å²) in [5.74, 6) is 0. The molecule has 0 N–H and O–H groups in total. The first-order valence-corrected chi connectivity index (χ1v) is 13.7. The number of halogens is 1. The molecule has 0 atom stereocenters. The molecule has 1 amide bonds. The summed E-state index contributed by atoms with van der Waals surface area (Å²) in [7, 11) is -3.91. The van der Waals surface area contributed by atoms with E-state index in [4.69, 9.17) is 16.3 Å². The van der Waals surface area contributed by atoms with Crippen molar-refractivity contribution in [2.75, 3.05) is 13.1 Å². The third-order valence-electron chi connectivity index (χ3n) is 6.19. The molecule has 0 bridgehead atoms. The van der Waals surface area contributed by atoms with E-state index in [-0.39, 0.29) is 27.8 Å². The average Bonchev–Trinajstić information content (AvgIpc) is 3.49. The molecule has 4 aromatic rings. The van der Waals surface area contributed by atoms with Crippen molar-refractivity contribution in [3.8, 4) is 11.1 Å². The molecule has 0 unspecified atom stereocenters. The minimum Gasteiger partial charge on any atom is -0.444 e. The van der Waals surface area contributed by atoms with Crippen molar-refractivity contribution < 1.29 is 17.9 Å². The number of amides is 1. The Morgan fingerprint density at radius 1 is 1.08 bits per heavy atom. The Labute approximate surface area is 219 Å². The first-order chi connectivity index (χ1) is 17.5. The lowest BCUT2D eigenvalue weighted by molar-refractivity contribution is 0.0185. The van der Waals surface area contributed by atoms with Gasteiger partial charge in [0.05, 0.1) is 17.1 Å². The van der Waals surface area contributed by atoms with E-state index in [1.165, 1.54) is 18.3 Å². The number of likely N-dealkylation sites (tertiary alicyclic amines) is 1. The van der Waals surface area contributed by atoms with Crippen LogP contribution in [0.25, 0.3) is 22.2 Å². The van der Waals surface area contributed by atoms with Crippen molar-refractivity contribution in [2.45, 2.75) is 50.2 Å². The molecular weight excluding hydrogens is 516 g/mol. The predicted molar refractivity (Wildman–Crippen MR) is 139 cm³/mol. The Balaban J connectivity index is 1.43. The number of carbonyl (C=O) groups is 1. The van der Waals surface area contributed by atoms with E-state index < -0.39 is 15.6 Å². The van der Waals surface area contributed by atoms with Gasteiger partial charge in [-0.2, -0.15) is 5.10 Å². The quantitative estimate of drug-likeness (QED) is 0.365. The standard InChI is InChI=1S/C25H27ClN6O4S/c1-25(2,3)36-24(33)30-11-9-18(10-12-30)31-15-17(14-27-31)21-16-32(23-20(21)13-22(26)28-29-23)37(34,35)19-7-5-4-6-8-19/h4-8,13-16,18H,9-12H2,1-3H3. The van der Waals surface area contributed by atoms with E-state index in [2.05, 4.69) is 15.3 Å². The first-order valence-electron chi connectivity index (χ1n) is 11.9. The fraction of sp³-hybridized carbons (Fsp3) is 0.360. The number of nitrogens with zero attached hydrogens (tertiary/aromatic N) is 6. The van der Waals surface area contributed by atoms with Gasteiger partial charge in [0, 0.05) is 42.0 Å². The van der Waals surface area contributed by atoms with E-state index >= 15 is 0 Å². The Kier molecular flexibility index (Phi) is 6.45. The van der Waals surface area contributed by atoms with Gasteiger partial charge < -0.3 is 9.64 Å². The summed E-state index contributed by atoms with van der Waals surface area (Å²) in [6, 6.07) is 9.85. The zero-order valence-corrected chi connectivity index (χ0v) is 22.3. The summed E-state index contributed by atoms with van der Waals surface area (Å²) in [6.45, 7) is 6.68. The molecule has 5 rings (SSSR count). The molecule has 12 heteroatoms. The maximum absolute atomic E-state index is 13.4. The summed E-state index contributed by atoms with van der Waals surface area (Å²) in [5, 5.41) is 13.2. The predicted octanol–water partition coefficient (Wildman–Crippen LogP) is 4.76. The van der Waals surface area contributed by atoms with E-state index in [9.17, 15) is 13.2 Å². The van der Waals surface area contributed by atoms with Crippen LogP contribution in [0.5, 0.6) is 0 Å². The molecule has 194 valence electrons. The monoisotopic (exact) mass is 542 g/mol. The normalized spacial score (nSPS) is 15.3. The molecular formula is C25H27ClN6O4S. The Morgan fingerprint density at radius 3 is 2.46 bits per heavy atom. The van der Waals surface area contributed by atoms with Gasteiger partial charge in [-0.1, -0.05) is 29.8 Å². The Morgan fingerprint density at radius 2 is 1.78 bits per heavy atom. The summed E-state index contributed by atoms with van der Waals surface area (Å²) < 4.78 is 35.3. The fourth-order valence-electron chi connectivity index (χ4n) is 4.41. The first kappa shape index (κ1) is 25.2. The van der Waals surface area contributed by atoms with Crippen LogP contribution in [0.2, 0.25) is 5.15 Å². The van der Waals surface area contributed by atoms with Crippen molar-refractivity contribution in [1.29, 1.82) is 0 Å². The Hall–Kier alpha value is -3.44. The van der Waals surface area contributed by atoms with Gasteiger partial charge in [0.2, 0.25) is 0 Å². The maximum Gasteiger partial charge on any atom is 0.410 e. The summed E-state index contributed by atoms with van der Waals surface area (Å²) in [5.41, 5.74) is 1.00. The molecule has 0 saturated carbocycles. The minimum atomic E-state index is -3.91. The van der Waals surface area contributed by atoms with Crippen LogP contribution < -0.4 is 0 Å². The molecule has 10 nitrogen and oxygen atoms in total. The summed E-state index contributed by atoms with van der Waals surface area (Å²) in [6.07, 6.45) is 6.25. The third kappa shape index (κ3) is 5.05. The number of benzene rings is 1. The molecule has 1 saturated heterocycles. The van der Waals surface area contributed by atoms with Gasteiger partial charge in [0.15, 0.2) is 10.8 Å². The molecule has 37 heavy (non-hydrogen) atoms. The van der Waals surface area contributed by atoms with Gasteiger partial charge in [-0.05, 0) is 51.8 Å². The van der Waals surface area contributed by atoms with Crippen LogP contribution in [0.4, 0.5) is 4.79 Å². The van der Waals surface area contributed by atoms with Gasteiger partial charge >= 0.3 is 6.09 Å². The molecule has 0 spiro atoms. The molecule has 1 aliphatic heterocycles. The van der Waals surface area contributed by atoms with Crippen LogP contribution >= 0.6 is 11.6 Å². The summed E-state index contributed by atoms with van der Waals surface area (Å²) in [4.78, 5) is 14.3. The van der Waals surface area contributed by atoms with Crippen molar-refractivity contribution in [3.63, 3.8) is 0 Å². The largest absolute Gasteiger partial charge is 0.444 e. The molecule has 1 aromatic carbocycles. The van der Waals surface area contributed by atoms with Crippen molar-refractivity contribution in [3.05, 3.63) is 60.1 Å². The van der Waals surface area contributed by atoms with Crippen LogP contribution in [0, 0.1) is 0 Å². The van der Waals surface area contributed by atoms with E-state index in [1.807, 2.05) is 31.6 Å². The highest BCUT2D eigenvalue weighted by molar-refractivity contribution is 7.90. The molecule has 0 radical (unpaired) electrons. The van der Waals surface area contributed by atoms with Crippen LogP contribution in [0.1, 0.15) is 39.7 Å². The number of hydrogen-bond acceptors (Lipinski definition) is 7. The lowest BCUT2D eigenvalue weighted by Gasteiger charge is -2.33. The molecule has 1 aliphatic rings. The SMILES string of the molecule is CC(C)(C)OC(=O)N1CCC(n2cc(-c3cn(S(=O)(=O)c4ccccc4)c4nnc(Cl)cc34)cn2)CC1. The molecule has 4 heterocycles. The highest BCUT2D eigenvalue weighted by Crippen LogP contribution is 2.34. The van der Waals surface area contributed by atoms with Crippen molar-refractivity contribution in [2.24, 2.45) is 0 Å². The second kappa shape index (κ2) is 9.46. The molecule has 0 aliphatic carbocycles. The number of aromatic nitrogens is 5. The second-order valence-corrected chi connectivity index (χ2v) is 12.2. The van der Waals surface area contributed by atoms with Gasteiger partial charge in [0.25, 0.3) is 10.0 Å². The zero-order chi connectivity index (χ0) is 26.4. The van der Waals surface area contributed by atoms with E-state index in [1.54, 1.807) is 35.4 Å². The number of carbonyl (C=O) groups excluding carboxylic acids is 1. The zero-order valence-electron chi connectivity index (χ0n) is 20.7. The van der Waals surface area contributed by atoms with Gasteiger partial charge in [0.1, 0.15) is 5.60 Å². The number of rotatable bonds is 4. The maximum atomic E-state index is 13.4. The van der Waals surface area contributed by atoms with Crippen LogP contribution in [0.15, 0.2) is 59.9 Å². The van der Waals surface area contributed by atoms with Crippen LogP contribution in [0.3, 0.4) is 0 Å². The highest BCUT2D eigenvalue weighted by Gasteiger charge is 2.29. The third-order valence-corrected chi connectivity index (χ3v) is 8.04. The van der Waals surface area contributed by atoms with Gasteiger partial charge in [-0.25, -0.2) is 17.2 Å². The molecule has 1 fully saturated rings. The van der Waals surface area contributed by atoms with E-state index in [0.717, 1.165) is 22.4 Å². The van der Waals surface area contributed by atoms with Gasteiger partial charge in [-0.15, -0.1) is 10.2 Å². The van der Waals surface area contributed by atoms with Crippen LogP contribution in [-0.2, 0) is 14.8 Å². The van der Waals surface area contributed by atoms with E-state index in [0.29, 0.717) is 24.0 Å².